The molecule has 0 saturated carbocycles. The molecule has 0 atom stereocenters. The van der Waals surface area contributed by atoms with Crippen molar-refractivity contribution in [2.45, 2.75) is 6.92 Å². The van der Waals surface area contributed by atoms with E-state index in [4.69, 9.17) is 23.8 Å². The summed E-state index contributed by atoms with van der Waals surface area (Å²) < 4.78 is 0.983. The van der Waals surface area contributed by atoms with Gasteiger partial charge >= 0.3 is 0 Å². The van der Waals surface area contributed by atoms with Crippen molar-refractivity contribution < 1.29 is 5.11 Å². The smallest absolute Gasteiger partial charge is 0.193 e. The molecule has 0 bridgehead atoms. The lowest BCUT2D eigenvalue weighted by Crippen LogP contribution is -2.24. The molecule has 122 valence electrons. The molecule has 3 N–H and O–H groups in total. The summed E-state index contributed by atoms with van der Waals surface area (Å²) in [7, 11) is 0. The molecule has 1 aromatic heterocycles. The first-order valence-corrected chi connectivity index (χ1v) is 8.58. The van der Waals surface area contributed by atoms with Gasteiger partial charge in [0.1, 0.15) is 5.75 Å². The van der Waals surface area contributed by atoms with Gasteiger partial charge in [-0.3, -0.25) is 5.43 Å². The van der Waals surface area contributed by atoms with Crippen LogP contribution >= 0.6 is 35.2 Å². The van der Waals surface area contributed by atoms with Gasteiger partial charge in [0.05, 0.1) is 15.9 Å². The molecule has 0 saturated heterocycles. The third-order valence-electron chi connectivity index (χ3n) is 3.18. The molecule has 1 heterocycles. The van der Waals surface area contributed by atoms with Crippen molar-refractivity contribution in [3.8, 4) is 5.75 Å². The predicted octanol–water partition coefficient (Wildman–Crippen LogP) is 4.37. The van der Waals surface area contributed by atoms with Crippen molar-refractivity contribution in [1.82, 2.24) is 10.4 Å². The number of hydrazone groups is 1. The predicted molar refractivity (Wildman–Crippen MR) is 104 cm³/mol. The summed E-state index contributed by atoms with van der Waals surface area (Å²) in [4.78, 5) is 4.43. The molecule has 0 unspecified atom stereocenters. The van der Waals surface area contributed by atoms with E-state index in [1.807, 2.05) is 19.1 Å². The quantitative estimate of drug-likeness (QED) is 0.360. The lowest BCUT2D eigenvalue weighted by atomic mass is 10.1. The van der Waals surface area contributed by atoms with Crippen LogP contribution in [-0.2, 0) is 0 Å². The van der Waals surface area contributed by atoms with Crippen molar-refractivity contribution in [1.29, 1.82) is 0 Å². The number of thiazole rings is 1. The Morgan fingerprint density at radius 1 is 1.25 bits per heavy atom. The molecule has 24 heavy (non-hydrogen) atoms. The first-order valence-electron chi connectivity index (χ1n) is 6.98. The fourth-order valence-corrected chi connectivity index (χ4v) is 3.33. The third kappa shape index (κ3) is 4.00. The van der Waals surface area contributed by atoms with Gasteiger partial charge in [-0.2, -0.15) is 5.10 Å². The Morgan fingerprint density at radius 3 is 2.75 bits per heavy atom. The van der Waals surface area contributed by atoms with E-state index in [0.29, 0.717) is 15.3 Å². The second-order valence-electron chi connectivity index (χ2n) is 4.94. The Kier molecular flexibility index (Phi) is 4.94. The van der Waals surface area contributed by atoms with Crippen LogP contribution in [0, 0.1) is 0 Å². The van der Waals surface area contributed by atoms with E-state index in [-0.39, 0.29) is 5.75 Å². The Balaban J connectivity index is 1.66. The number of anilines is 1. The van der Waals surface area contributed by atoms with Gasteiger partial charge in [0.2, 0.25) is 0 Å². The molecule has 0 spiro atoms. The van der Waals surface area contributed by atoms with Crippen molar-refractivity contribution in [3.05, 3.63) is 53.1 Å². The average molecular weight is 377 g/mol. The zero-order valence-corrected chi connectivity index (χ0v) is 15.0. The summed E-state index contributed by atoms with van der Waals surface area (Å²) in [5.74, 6) is 0.215. The molecule has 2 aromatic carbocycles. The van der Waals surface area contributed by atoms with E-state index in [0.717, 1.165) is 21.5 Å². The molecule has 5 nitrogen and oxygen atoms in total. The highest BCUT2D eigenvalue weighted by Crippen LogP contribution is 2.28. The molecule has 0 aliphatic carbocycles. The molecule has 0 aliphatic heterocycles. The van der Waals surface area contributed by atoms with Crippen molar-refractivity contribution in [2.24, 2.45) is 5.10 Å². The molecule has 0 radical (unpaired) electrons. The summed E-state index contributed by atoms with van der Waals surface area (Å²) in [6.07, 6.45) is 0. The SMILES string of the molecule is C/C(=N\NC(=S)Nc1nc2ccc(Cl)cc2s1)c1ccc(O)cc1. The first kappa shape index (κ1) is 16.6. The maximum Gasteiger partial charge on any atom is 0.193 e. The number of rotatable bonds is 3. The van der Waals surface area contributed by atoms with Gasteiger partial charge in [-0.05, 0) is 67.2 Å². The van der Waals surface area contributed by atoms with Crippen LogP contribution in [-0.4, -0.2) is 20.9 Å². The maximum atomic E-state index is 9.30. The largest absolute Gasteiger partial charge is 0.508 e. The highest BCUT2D eigenvalue weighted by Gasteiger charge is 2.06. The van der Waals surface area contributed by atoms with Gasteiger partial charge in [0.25, 0.3) is 0 Å². The Labute approximate surface area is 153 Å². The Bertz CT molecular complexity index is 921. The minimum atomic E-state index is 0.215. The molecule has 8 heteroatoms. The Morgan fingerprint density at radius 2 is 2.00 bits per heavy atom. The van der Waals surface area contributed by atoms with E-state index in [1.165, 1.54) is 11.3 Å². The van der Waals surface area contributed by atoms with Gasteiger partial charge < -0.3 is 10.4 Å². The average Bonchev–Trinajstić information content (AvgIpc) is 2.94. The minimum Gasteiger partial charge on any atom is -0.508 e. The number of phenols is 1. The minimum absolute atomic E-state index is 0.215. The van der Waals surface area contributed by atoms with Crippen molar-refractivity contribution in [3.63, 3.8) is 0 Å². The molecule has 3 rings (SSSR count). The van der Waals surface area contributed by atoms with E-state index in [9.17, 15) is 5.11 Å². The molecule has 0 fully saturated rings. The molecular weight excluding hydrogens is 364 g/mol. The molecular formula is C16H13ClN4OS2. The topological polar surface area (TPSA) is 69.5 Å². The number of fused-ring (bicyclic) bond motifs is 1. The number of hydrogen-bond acceptors (Lipinski definition) is 5. The number of hydrogen-bond donors (Lipinski definition) is 3. The normalized spacial score (nSPS) is 11.5. The van der Waals surface area contributed by atoms with Crippen LogP contribution in [0.5, 0.6) is 5.75 Å². The zero-order valence-electron chi connectivity index (χ0n) is 12.6. The number of aromatic nitrogens is 1. The lowest BCUT2D eigenvalue weighted by Gasteiger charge is -2.05. The number of aromatic hydroxyl groups is 1. The standard InChI is InChI=1S/C16H13ClN4OS2/c1-9(10-2-5-12(22)6-3-10)20-21-15(23)19-16-18-13-7-4-11(17)8-14(13)24-16/h2-8,22H,1H3,(H2,18,19,21,23)/b20-9+. The van der Waals surface area contributed by atoms with E-state index in [1.54, 1.807) is 30.3 Å². The van der Waals surface area contributed by atoms with E-state index >= 15 is 0 Å². The summed E-state index contributed by atoms with van der Waals surface area (Å²) in [5, 5.41) is 18.2. The van der Waals surface area contributed by atoms with Gasteiger partial charge in [-0.15, -0.1) is 0 Å². The number of benzene rings is 2. The fourth-order valence-electron chi connectivity index (χ4n) is 1.98. The van der Waals surface area contributed by atoms with Crippen LogP contribution in [0.1, 0.15) is 12.5 Å². The number of nitrogens with zero attached hydrogens (tertiary/aromatic N) is 2. The number of nitrogens with one attached hydrogen (secondary N) is 2. The van der Waals surface area contributed by atoms with Gasteiger partial charge in [0, 0.05) is 5.02 Å². The van der Waals surface area contributed by atoms with Crippen LogP contribution < -0.4 is 10.7 Å². The molecule has 3 aromatic rings. The number of halogens is 1. The van der Waals surface area contributed by atoms with Gasteiger partial charge in [0.15, 0.2) is 10.2 Å². The van der Waals surface area contributed by atoms with Crippen LogP contribution in [0.25, 0.3) is 10.2 Å². The fraction of sp³-hybridized carbons (Fsp3) is 0.0625. The Hall–Kier alpha value is -2.22. The summed E-state index contributed by atoms with van der Waals surface area (Å²) in [5.41, 5.74) is 5.28. The lowest BCUT2D eigenvalue weighted by molar-refractivity contribution is 0.475. The van der Waals surface area contributed by atoms with Gasteiger partial charge in [-0.25, -0.2) is 4.98 Å². The highest BCUT2D eigenvalue weighted by atomic mass is 35.5. The second-order valence-corrected chi connectivity index (χ2v) is 6.82. The van der Waals surface area contributed by atoms with E-state index in [2.05, 4.69) is 20.8 Å². The highest BCUT2D eigenvalue weighted by molar-refractivity contribution is 7.80. The van der Waals surface area contributed by atoms with Gasteiger partial charge in [-0.1, -0.05) is 22.9 Å². The second kappa shape index (κ2) is 7.12. The summed E-state index contributed by atoms with van der Waals surface area (Å²) in [6, 6.07) is 12.3. The monoisotopic (exact) mass is 376 g/mol. The molecule has 0 amide bonds. The first-order chi connectivity index (χ1) is 11.5. The number of phenolic OH excluding ortho intramolecular Hbond substituents is 1. The maximum absolute atomic E-state index is 9.30. The summed E-state index contributed by atoms with van der Waals surface area (Å²) >= 11 is 12.7. The third-order valence-corrected chi connectivity index (χ3v) is 4.54. The van der Waals surface area contributed by atoms with Crippen LogP contribution in [0.2, 0.25) is 5.02 Å². The van der Waals surface area contributed by atoms with Crippen molar-refractivity contribution >= 4 is 61.3 Å². The van der Waals surface area contributed by atoms with E-state index < -0.39 is 0 Å². The van der Waals surface area contributed by atoms with Crippen LogP contribution in [0.4, 0.5) is 5.13 Å². The van der Waals surface area contributed by atoms with Crippen LogP contribution in [0.3, 0.4) is 0 Å². The summed E-state index contributed by atoms with van der Waals surface area (Å²) in [6.45, 7) is 1.85. The van der Waals surface area contributed by atoms with Crippen molar-refractivity contribution in [2.75, 3.05) is 5.32 Å². The zero-order chi connectivity index (χ0) is 17.1. The van der Waals surface area contributed by atoms with Crippen LogP contribution in [0.15, 0.2) is 47.6 Å². The molecule has 0 aliphatic rings. The number of thiocarbonyl (C=S) groups is 1.